The largest absolute Gasteiger partial charge is 0.354 e. The van der Waals surface area contributed by atoms with Gasteiger partial charge in [-0.3, -0.25) is 0 Å². The van der Waals surface area contributed by atoms with Crippen molar-refractivity contribution in [1.29, 1.82) is 0 Å². The van der Waals surface area contributed by atoms with Crippen LogP contribution in [-0.2, 0) is 0 Å². The van der Waals surface area contributed by atoms with Gasteiger partial charge in [-0.1, -0.05) is 23.2 Å². The van der Waals surface area contributed by atoms with Gasteiger partial charge in [0.05, 0.1) is 10.0 Å². The Labute approximate surface area is 138 Å². The van der Waals surface area contributed by atoms with Crippen LogP contribution in [0.3, 0.4) is 0 Å². The first-order chi connectivity index (χ1) is 9.99. The zero-order valence-electron chi connectivity index (χ0n) is 11.9. The van der Waals surface area contributed by atoms with E-state index in [2.05, 4.69) is 20.3 Å². The highest BCUT2D eigenvalue weighted by Crippen LogP contribution is 2.31. The minimum atomic E-state index is 0.510. The lowest BCUT2D eigenvalue weighted by Crippen LogP contribution is -2.15. The van der Waals surface area contributed by atoms with Crippen LogP contribution >= 0.6 is 35.0 Å². The Bertz CT molecular complexity index is 636. The molecule has 21 heavy (non-hydrogen) atoms. The molecule has 0 aliphatic heterocycles. The molecule has 0 amide bonds. The van der Waals surface area contributed by atoms with Gasteiger partial charge in [0.15, 0.2) is 5.16 Å². The summed E-state index contributed by atoms with van der Waals surface area (Å²) in [6.45, 7) is 2.73. The van der Waals surface area contributed by atoms with E-state index in [0.717, 1.165) is 11.4 Å². The molecule has 2 rings (SSSR count). The molecule has 0 spiro atoms. The molecular weight excluding hydrogens is 329 g/mol. The fourth-order valence-corrected chi connectivity index (χ4v) is 2.62. The Kier molecular flexibility index (Phi) is 5.50. The predicted octanol–water partition coefficient (Wildman–Crippen LogP) is 3.83. The summed E-state index contributed by atoms with van der Waals surface area (Å²) >= 11 is 13.4. The second-order valence-electron chi connectivity index (χ2n) is 4.34. The maximum absolute atomic E-state index is 6.02. The molecule has 5 nitrogen and oxygen atoms in total. The van der Waals surface area contributed by atoms with Gasteiger partial charge in [0.2, 0.25) is 11.9 Å². The first kappa shape index (κ1) is 16.1. The van der Waals surface area contributed by atoms with E-state index < -0.39 is 0 Å². The third-order valence-corrected chi connectivity index (χ3v) is 4.03. The lowest BCUT2D eigenvalue weighted by molar-refractivity contribution is 0.864. The van der Waals surface area contributed by atoms with Crippen molar-refractivity contribution in [3.05, 3.63) is 28.2 Å². The Morgan fingerprint density at radius 1 is 1.14 bits per heavy atom. The summed E-state index contributed by atoms with van der Waals surface area (Å²) in [5.74, 6) is 1.15. The number of halogens is 2. The average Bonchev–Trinajstić information content (AvgIpc) is 2.43. The van der Waals surface area contributed by atoms with Gasteiger partial charge in [-0.05, 0) is 36.9 Å². The highest BCUT2D eigenvalue weighted by molar-refractivity contribution is 7.99. The van der Waals surface area contributed by atoms with Crippen molar-refractivity contribution in [2.45, 2.75) is 17.0 Å². The second kappa shape index (κ2) is 7.15. The standard InChI is InChI=1S/C13H15Cl2N5S/c1-4-16-11-17-12(20(2)3)19-13(18-11)21-8-5-6-9(14)10(15)7-8/h5-7H,4H2,1-3H3,(H,16,17,18,19). The summed E-state index contributed by atoms with van der Waals surface area (Å²) in [7, 11) is 3.78. The predicted molar refractivity (Wildman–Crippen MR) is 88.9 cm³/mol. The van der Waals surface area contributed by atoms with Gasteiger partial charge in [-0.15, -0.1) is 0 Å². The minimum Gasteiger partial charge on any atom is -0.354 e. The number of benzene rings is 1. The van der Waals surface area contributed by atoms with Gasteiger partial charge in [-0.25, -0.2) is 0 Å². The molecule has 0 aliphatic rings. The van der Waals surface area contributed by atoms with E-state index in [9.17, 15) is 0 Å². The summed E-state index contributed by atoms with van der Waals surface area (Å²) in [4.78, 5) is 15.9. The molecule has 0 aliphatic carbocycles. The number of nitrogens with zero attached hydrogens (tertiary/aromatic N) is 4. The van der Waals surface area contributed by atoms with Gasteiger partial charge in [-0.2, -0.15) is 15.0 Å². The zero-order chi connectivity index (χ0) is 15.4. The van der Waals surface area contributed by atoms with Crippen molar-refractivity contribution in [1.82, 2.24) is 15.0 Å². The summed E-state index contributed by atoms with van der Waals surface area (Å²) in [5, 5.41) is 4.74. The number of hydrogen-bond acceptors (Lipinski definition) is 6. The van der Waals surface area contributed by atoms with Crippen molar-refractivity contribution >= 4 is 46.9 Å². The average molecular weight is 344 g/mol. The topological polar surface area (TPSA) is 53.9 Å². The highest BCUT2D eigenvalue weighted by atomic mass is 35.5. The lowest BCUT2D eigenvalue weighted by atomic mass is 10.4. The van der Waals surface area contributed by atoms with E-state index in [4.69, 9.17) is 23.2 Å². The molecule has 0 unspecified atom stereocenters. The van der Waals surface area contributed by atoms with Crippen molar-refractivity contribution in [3.63, 3.8) is 0 Å². The van der Waals surface area contributed by atoms with Gasteiger partial charge >= 0.3 is 0 Å². The lowest BCUT2D eigenvalue weighted by Gasteiger charge is -2.12. The molecule has 0 radical (unpaired) electrons. The number of rotatable bonds is 5. The molecule has 112 valence electrons. The monoisotopic (exact) mass is 343 g/mol. The number of anilines is 2. The summed E-state index contributed by atoms with van der Waals surface area (Å²) < 4.78 is 0. The molecule has 0 fully saturated rings. The summed E-state index contributed by atoms with van der Waals surface area (Å²) in [6.07, 6.45) is 0. The Balaban J connectivity index is 2.31. The SMILES string of the molecule is CCNc1nc(Sc2ccc(Cl)c(Cl)c2)nc(N(C)C)n1. The third-order valence-electron chi connectivity index (χ3n) is 2.44. The fourth-order valence-electron chi connectivity index (χ4n) is 1.47. The smallest absolute Gasteiger partial charge is 0.230 e. The van der Waals surface area contributed by atoms with Crippen LogP contribution in [0.1, 0.15) is 6.92 Å². The van der Waals surface area contributed by atoms with Gasteiger partial charge in [0.25, 0.3) is 0 Å². The molecule has 0 bridgehead atoms. The number of aromatic nitrogens is 3. The van der Waals surface area contributed by atoms with E-state index in [0.29, 0.717) is 27.1 Å². The Morgan fingerprint density at radius 2 is 1.90 bits per heavy atom. The third kappa shape index (κ3) is 4.36. The molecule has 1 N–H and O–H groups in total. The highest BCUT2D eigenvalue weighted by Gasteiger charge is 2.10. The molecule has 0 atom stereocenters. The summed E-state index contributed by atoms with van der Waals surface area (Å²) in [6, 6.07) is 5.43. The van der Waals surface area contributed by atoms with Gasteiger partial charge in [0.1, 0.15) is 0 Å². The van der Waals surface area contributed by atoms with Crippen LogP contribution in [0.15, 0.2) is 28.3 Å². The van der Waals surface area contributed by atoms with E-state index in [1.54, 1.807) is 12.1 Å². The molecule has 2 aromatic rings. The first-order valence-corrected chi connectivity index (χ1v) is 7.87. The number of nitrogens with one attached hydrogen (secondary N) is 1. The Morgan fingerprint density at radius 3 is 2.52 bits per heavy atom. The van der Waals surface area contributed by atoms with Gasteiger partial charge in [0, 0.05) is 25.5 Å². The van der Waals surface area contributed by atoms with Gasteiger partial charge < -0.3 is 10.2 Å². The molecule has 8 heteroatoms. The van der Waals surface area contributed by atoms with Crippen molar-refractivity contribution in [2.24, 2.45) is 0 Å². The fraction of sp³-hybridized carbons (Fsp3) is 0.308. The molecule has 1 aromatic heterocycles. The normalized spacial score (nSPS) is 10.5. The van der Waals surface area contributed by atoms with Crippen LogP contribution < -0.4 is 10.2 Å². The van der Waals surface area contributed by atoms with E-state index in [1.165, 1.54) is 11.8 Å². The van der Waals surface area contributed by atoms with Crippen LogP contribution in [0.25, 0.3) is 0 Å². The molecule has 1 aromatic carbocycles. The van der Waals surface area contributed by atoms with Crippen molar-refractivity contribution < 1.29 is 0 Å². The minimum absolute atomic E-state index is 0.510. The van der Waals surface area contributed by atoms with Crippen LogP contribution in [-0.4, -0.2) is 35.6 Å². The first-order valence-electron chi connectivity index (χ1n) is 6.29. The van der Waals surface area contributed by atoms with E-state index in [1.807, 2.05) is 32.0 Å². The quantitative estimate of drug-likeness (QED) is 0.890. The van der Waals surface area contributed by atoms with E-state index in [-0.39, 0.29) is 0 Å². The number of hydrogen-bond donors (Lipinski definition) is 1. The van der Waals surface area contributed by atoms with Crippen molar-refractivity contribution in [3.8, 4) is 0 Å². The maximum atomic E-state index is 6.02. The van der Waals surface area contributed by atoms with Crippen molar-refractivity contribution in [2.75, 3.05) is 30.9 Å². The maximum Gasteiger partial charge on any atom is 0.230 e. The van der Waals surface area contributed by atoms with E-state index >= 15 is 0 Å². The Hall–Kier alpha value is -1.24. The molecular formula is C13H15Cl2N5S. The zero-order valence-corrected chi connectivity index (χ0v) is 14.2. The molecule has 0 saturated heterocycles. The van der Waals surface area contributed by atoms with Crippen LogP contribution in [0.5, 0.6) is 0 Å². The van der Waals surface area contributed by atoms with Crippen LogP contribution in [0, 0.1) is 0 Å². The van der Waals surface area contributed by atoms with Crippen LogP contribution in [0.2, 0.25) is 10.0 Å². The van der Waals surface area contributed by atoms with Crippen LogP contribution in [0.4, 0.5) is 11.9 Å². The molecule has 0 saturated carbocycles. The summed E-state index contributed by atoms with van der Waals surface area (Å²) in [5.41, 5.74) is 0. The second-order valence-corrected chi connectivity index (χ2v) is 6.20. The molecule has 1 heterocycles.